The van der Waals surface area contributed by atoms with E-state index in [-0.39, 0.29) is 11.7 Å². The Labute approximate surface area is 279 Å². The first kappa shape index (κ1) is 36.6. The van der Waals surface area contributed by atoms with E-state index < -0.39 is 0 Å². The van der Waals surface area contributed by atoms with Crippen LogP contribution in [-0.2, 0) is 6.42 Å². The second kappa shape index (κ2) is 16.7. The SMILES string of the molecule is CCCCNCCCCCC(C)Oc1c(C)c(C)c2c(c1C)CCC(C)(CCCC1(CCCC3(CCCC(C)C)CC3)CC1)O2. The zero-order chi connectivity index (χ0) is 32.5. The standard InChI is InChI=1S/C42H73NO2/c1-9-10-30-43-31-13-11-12-18-33(4)44-38-34(5)35(6)39-37(36(38)7)19-25-40(8,45-39)20-15-22-42(28-29-42)24-16-23-41(26-27-41)21-14-17-32(2)3/h32-33,43H,9-31H2,1-8H3. The average Bonchev–Trinajstić information content (AvgIpc) is 3.93. The molecule has 1 aromatic rings. The van der Waals surface area contributed by atoms with Gasteiger partial charge in [0.25, 0.3) is 0 Å². The molecule has 0 bridgehead atoms. The van der Waals surface area contributed by atoms with Gasteiger partial charge in [-0.3, -0.25) is 0 Å². The number of rotatable bonds is 23. The maximum absolute atomic E-state index is 6.96. The molecule has 2 atom stereocenters. The van der Waals surface area contributed by atoms with Gasteiger partial charge in [0.05, 0.1) is 6.10 Å². The molecule has 1 aliphatic heterocycles. The Morgan fingerprint density at radius 1 is 0.689 bits per heavy atom. The maximum Gasteiger partial charge on any atom is 0.127 e. The summed E-state index contributed by atoms with van der Waals surface area (Å²) in [6.45, 7) is 20.7. The van der Waals surface area contributed by atoms with Gasteiger partial charge in [-0.15, -0.1) is 0 Å². The van der Waals surface area contributed by atoms with Crippen LogP contribution < -0.4 is 14.8 Å². The van der Waals surface area contributed by atoms with E-state index in [1.165, 1.54) is 144 Å². The number of hydrogen-bond acceptors (Lipinski definition) is 3. The molecule has 1 heterocycles. The highest BCUT2D eigenvalue weighted by molar-refractivity contribution is 5.59. The van der Waals surface area contributed by atoms with Crippen LogP contribution in [0, 0.1) is 37.5 Å². The highest BCUT2D eigenvalue weighted by atomic mass is 16.5. The maximum atomic E-state index is 6.96. The summed E-state index contributed by atoms with van der Waals surface area (Å²) >= 11 is 0. The van der Waals surface area contributed by atoms with Gasteiger partial charge < -0.3 is 14.8 Å². The summed E-state index contributed by atoms with van der Waals surface area (Å²) in [7, 11) is 0. The molecule has 3 heteroatoms. The number of ether oxygens (including phenoxy) is 2. The highest BCUT2D eigenvalue weighted by Gasteiger charge is 2.45. The molecule has 1 N–H and O–H groups in total. The first-order valence-electron chi connectivity index (χ1n) is 19.7. The Bertz CT molecular complexity index is 1050. The molecule has 3 aliphatic rings. The van der Waals surface area contributed by atoms with Crippen molar-refractivity contribution in [3.05, 3.63) is 22.3 Å². The van der Waals surface area contributed by atoms with E-state index in [2.05, 4.69) is 60.7 Å². The van der Waals surface area contributed by atoms with Crippen molar-refractivity contribution in [2.75, 3.05) is 13.1 Å². The van der Waals surface area contributed by atoms with Crippen molar-refractivity contribution in [2.24, 2.45) is 16.7 Å². The van der Waals surface area contributed by atoms with Crippen LogP contribution >= 0.6 is 0 Å². The first-order chi connectivity index (χ1) is 21.5. The van der Waals surface area contributed by atoms with Gasteiger partial charge in [-0.1, -0.05) is 52.9 Å². The number of nitrogens with one attached hydrogen (secondary N) is 1. The third-order valence-corrected chi connectivity index (χ3v) is 12.3. The normalized spacial score (nSPS) is 21.8. The summed E-state index contributed by atoms with van der Waals surface area (Å²) in [6.07, 6.45) is 28.7. The van der Waals surface area contributed by atoms with Crippen molar-refractivity contribution in [3.63, 3.8) is 0 Å². The van der Waals surface area contributed by atoms with Crippen molar-refractivity contribution in [3.8, 4) is 11.5 Å². The highest BCUT2D eigenvalue weighted by Crippen LogP contribution is 2.58. The number of hydrogen-bond donors (Lipinski definition) is 1. The summed E-state index contributed by atoms with van der Waals surface area (Å²) < 4.78 is 13.6. The van der Waals surface area contributed by atoms with E-state index in [4.69, 9.17) is 9.47 Å². The second-order valence-corrected chi connectivity index (χ2v) is 16.9. The van der Waals surface area contributed by atoms with E-state index in [0.29, 0.717) is 5.41 Å². The molecule has 2 aliphatic carbocycles. The largest absolute Gasteiger partial charge is 0.490 e. The average molecular weight is 624 g/mol. The van der Waals surface area contributed by atoms with Gasteiger partial charge in [0.1, 0.15) is 17.1 Å². The fourth-order valence-corrected chi connectivity index (χ4v) is 8.34. The van der Waals surface area contributed by atoms with Crippen molar-refractivity contribution >= 4 is 0 Å². The summed E-state index contributed by atoms with van der Waals surface area (Å²) in [5, 5.41) is 3.57. The van der Waals surface area contributed by atoms with Gasteiger partial charge in [0, 0.05) is 5.56 Å². The summed E-state index contributed by atoms with van der Waals surface area (Å²) in [5.74, 6) is 3.15. The minimum atomic E-state index is -0.0394. The number of benzene rings is 1. The Kier molecular flexibility index (Phi) is 13.6. The smallest absolute Gasteiger partial charge is 0.127 e. The molecule has 4 rings (SSSR count). The zero-order valence-electron chi connectivity index (χ0n) is 31.2. The van der Waals surface area contributed by atoms with Gasteiger partial charge in [0.15, 0.2) is 0 Å². The lowest BCUT2D eigenvalue weighted by atomic mass is 9.82. The molecule has 0 spiro atoms. The van der Waals surface area contributed by atoms with Crippen LogP contribution in [0.3, 0.4) is 0 Å². The van der Waals surface area contributed by atoms with Crippen molar-refractivity contribution < 1.29 is 9.47 Å². The topological polar surface area (TPSA) is 30.5 Å². The van der Waals surface area contributed by atoms with E-state index in [0.717, 1.165) is 49.4 Å². The predicted octanol–water partition coefficient (Wildman–Crippen LogP) is 12.1. The Hall–Kier alpha value is -1.22. The lowest BCUT2D eigenvalue weighted by Crippen LogP contribution is -2.37. The molecule has 0 saturated heterocycles. The molecule has 258 valence electrons. The second-order valence-electron chi connectivity index (χ2n) is 16.9. The monoisotopic (exact) mass is 624 g/mol. The molecular weight excluding hydrogens is 550 g/mol. The zero-order valence-corrected chi connectivity index (χ0v) is 31.2. The third-order valence-electron chi connectivity index (χ3n) is 12.3. The molecule has 0 amide bonds. The van der Waals surface area contributed by atoms with E-state index in [1.807, 2.05) is 0 Å². The van der Waals surface area contributed by atoms with Crippen molar-refractivity contribution in [2.45, 2.75) is 202 Å². The molecule has 2 unspecified atom stereocenters. The molecule has 1 aromatic carbocycles. The Morgan fingerprint density at radius 3 is 1.93 bits per heavy atom. The molecule has 45 heavy (non-hydrogen) atoms. The van der Waals surface area contributed by atoms with Crippen LogP contribution in [0.1, 0.15) is 185 Å². The number of unbranched alkanes of at least 4 members (excludes halogenated alkanes) is 3. The van der Waals surface area contributed by atoms with E-state index in [1.54, 1.807) is 0 Å². The Balaban J connectivity index is 1.21. The van der Waals surface area contributed by atoms with Crippen LogP contribution in [0.5, 0.6) is 11.5 Å². The van der Waals surface area contributed by atoms with Gasteiger partial charge in [-0.25, -0.2) is 0 Å². The fourth-order valence-electron chi connectivity index (χ4n) is 8.34. The molecular formula is C42H73NO2. The predicted molar refractivity (Wildman–Crippen MR) is 194 cm³/mol. The van der Waals surface area contributed by atoms with Gasteiger partial charge >= 0.3 is 0 Å². The molecule has 2 fully saturated rings. The summed E-state index contributed by atoms with van der Waals surface area (Å²) in [6, 6.07) is 0. The molecule has 3 nitrogen and oxygen atoms in total. The summed E-state index contributed by atoms with van der Waals surface area (Å²) in [4.78, 5) is 0. The molecule has 0 radical (unpaired) electrons. The van der Waals surface area contributed by atoms with Crippen molar-refractivity contribution in [1.82, 2.24) is 5.32 Å². The third kappa shape index (κ3) is 10.9. The molecule has 0 aromatic heterocycles. The quantitative estimate of drug-likeness (QED) is 0.123. The Morgan fingerprint density at radius 2 is 1.31 bits per heavy atom. The van der Waals surface area contributed by atoms with Crippen LogP contribution in [0.25, 0.3) is 0 Å². The van der Waals surface area contributed by atoms with Crippen LogP contribution in [0.4, 0.5) is 0 Å². The van der Waals surface area contributed by atoms with Gasteiger partial charge in [-0.2, -0.15) is 0 Å². The van der Waals surface area contributed by atoms with Crippen LogP contribution in [0.2, 0.25) is 0 Å². The van der Waals surface area contributed by atoms with Gasteiger partial charge in [0.2, 0.25) is 0 Å². The van der Waals surface area contributed by atoms with Crippen LogP contribution in [-0.4, -0.2) is 24.8 Å². The van der Waals surface area contributed by atoms with Crippen LogP contribution in [0.15, 0.2) is 0 Å². The lowest BCUT2D eigenvalue weighted by Gasteiger charge is -2.39. The number of fused-ring (bicyclic) bond motifs is 1. The minimum absolute atomic E-state index is 0.0394. The van der Waals surface area contributed by atoms with Gasteiger partial charge in [-0.05, 0) is 184 Å². The van der Waals surface area contributed by atoms with E-state index in [9.17, 15) is 0 Å². The summed E-state index contributed by atoms with van der Waals surface area (Å²) in [5.41, 5.74) is 6.68. The minimum Gasteiger partial charge on any atom is -0.490 e. The fraction of sp³-hybridized carbons (Fsp3) is 0.857. The lowest BCUT2D eigenvalue weighted by molar-refractivity contribution is 0.0503. The van der Waals surface area contributed by atoms with Crippen molar-refractivity contribution in [1.29, 1.82) is 0 Å². The first-order valence-corrected chi connectivity index (χ1v) is 19.7. The van der Waals surface area contributed by atoms with E-state index >= 15 is 0 Å². The molecule has 2 saturated carbocycles.